The number of rotatable bonds is 11. The fraction of sp³-hybridized carbons (Fsp3) is 0.333. The summed E-state index contributed by atoms with van der Waals surface area (Å²) < 4.78 is 16.8. The third-order valence-corrected chi connectivity index (χ3v) is 6.08. The summed E-state index contributed by atoms with van der Waals surface area (Å²) in [6.45, 7) is 5.36. The molecule has 0 spiro atoms. The SMILES string of the molecule is CC(=O)OCC(=O)N(CC1CC1)c1ccc(Oc2cc(OC(C)C)cc(C(=O)Nc3nccs3)c2)cc1. The standard InChI is InChI=1S/C27H29N3O6S/c1-17(2)35-23-12-20(26(33)29-27-28-10-11-37-27)13-24(14-23)36-22-8-6-21(7-9-22)30(15-19-4-5-19)25(32)16-34-18(3)31/h6-14,17,19H,4-5,15-16H2,1-3H3,(H,28,29,33). The number of carbonyl (C=O) groups excluding carboxylic acids is 3. The summed E-state index contributed by atoms with van der Waals surface area (Å²) in [5.41, 5.74) is 1.06. The molecule has 1 fully saturated rings. The predicted molar refractivity (Wildman–Crippen MR) is 140 cm³/mol. The zero-order valence-electron chi connectivity index (χ0n) is 20.9. The quantitative estimate of drug-likeness (QED) is 0.341. The van der Waals surface area contributed by atoms with E-state index in [-0.39, 0.29) is 24.5 Å². The number of aromatic nitrogens is 1. The third kappa shape index (κ3) is 7.78. The Bertz CT molecular complexity index is 1240. The minimum atomic E-state index is -0.494. The number of benzene rings is 2. The van der Waals surface area contributed by atoms with Gasteiger partial charge in [0.15, 0.2) is 11.7 Å². The highest BCUT2D eigenvalue weighted by Gasteiger charge is 2.28. The van der Waals surface area contributed by atoms with Gasteiger partial charge in [0.25, 0.3) is 11.8 Å². The molecular weight excluding hydrogens is 494 g/mol. The molecule has 0 bridgehead atoms. The number of anilines is 2. The van der Waals surface area contributed by atoms with E-state index in [1.165, 1.54) is 18.3 Å². The maximum absolute atomic E-state index is 12.8. The molecule has 4 rings (SSSR count). The molecule has 10 heteroatoms. The lowest BCUT2D eigenvalue weighted by molar-refractivity contribution is -0.145. The van der Waals surface area contributed by atoms with Crippen LogP contribution in [-0.4, -0.2) is 42.0 Å². The van der Waals surface area contributed by atoms with Gasteiger partial charge in [0.05, 0.1) is 6.10 Å². The number of hydrogen-bond donors (Lipinski definition) is 1. The van der Waals surface area contributed by atoms with Crippen LogP contribution in [0.1, 0.15) is 44.0 Å². The first kappa shape index (κ1) is 26.2. The van der Waals surface area contributed by atoms with Crippen molar-refractivity contribution in [2.75, 3.05) is 23.4 Å². The van der Waals surface area contributed by atoms with E-state index in [0.717, 1.165) is 12.8 Å². The first-order chi connectivity index (χ1) is 17.8. The molecule has 1 heterocycles. The van der Waals surface area contributed by atoms with Gasteiger partial charge in [-0.15, -0.1) is 11.3 Å². The molecule has 37 heavy (non-hydrogen) atoms. The predicted octanol–water partition coefficient (Wildman–Crippen LogP) is 5.28. The Morgan fingerprint density at radius 1 is 1.08 bits per heavy atom. The summed E-state index contributed by atoms with van der Waals surface area (Å²) >= 11 is 1.33. The normalized spacial score (nSPS) is 12.6. The lowest BCUT2D eigenvalue weighted by Crippen LogP contribution is -2.36. The Hall–Kier alpha value is -3.92. The summed E-state index contributed by atoms with van der Waals surface area (Å²) in [4.78, 5) is 42.4. The van der Waals surface area contributed by atoms with Crippen LogP contribution in [0.25, 0.3) is 0 Å². The summed E-state index contributed by atoms with van der Waals surface area (Å²) in [5, 5.41) is 5.04. The molecule has 0 aliphatic heterocycles. The van der Waals surface area contributed by atoms with Crippen LogP contribution in [0.4, 0.5) is 10.8 Å². The summed E-state index contributed by atoms with van der Waals surface area (Å²) in [6, 6.07) is 12.1. The highest BCUT2D eigenvalue weighted by atomic mass is 32.1. The molecule has 3 aromatic rings. The summed E-state index contributed by atoms with van der Waals surface area (Å²) in [7, 11) is 0. The first-order valence-corrected chi connectivity index (χ1v) is 12.9. The van der Waals surface area contributed by atoms with Gasteiger partial charge in [0.2, 0.25) is 0 Å². The van der Waals surface area contributed by atoms with E-state index >= 15 is 0 Å². The van der Waals surface area contributed by atoms with Gasteiger partial charge in [-0.1, -0.05) is 0 Å². The fourth-order valence-electron chi connectivity index (χ4n) is 3.54. The zero-order chi connectivity index (χ0) is 26.4. The Morgan fingerprint density at radius 3 is 2.43 bits per heavy atom. The molecule has 1 aliphatic carbocycles. The van der Waals surface area contributed by atoms with Crippen molar-refractivity contribution in [2.24, 2.45) is 5.92 Å². The number of amides is 2. The van der Waals surface area contributed by atoms with E-state index in [1.54, 1.807) is 58.9 Å². The van der Waals surface area contributed by atoms with E-state index in [0.29, 0.717) is 46.1 Å². The lowest BCUT2D eigenvalue weighted by atomic mass is 10.2. The first-order valence-electron chi connectivity index (χ1n) is 12.0. The molecule has 194 valence electrons. The van der Waals surface area contributed by atoms with Crippen molar-refractivity contribution in [1.82, 2.24) is 4.98 Å². The van der Waals surface area contributed by atoms with Crippen LogP contribution in [0.3, 0.4) is 0 Å². The maximum Gasteiger partial charge on any atom is 0.303 e. The number of carbonyl (C=O) groups is 3. The van der Waals surface area contributed by atoms with Crippen molar-refractivity contribution in [2.45, 2.75) is 39.7 Å². The molecule has 0 radical (unpaired) electrons. The van der Waals surface area contributed by atoms with Crippen LogP contribution in [0.15, 0.2) is 54.0 Å². The Morgan fingerprint density at radius 2 is 1.81 bits per heavy atom. The van der Waals surface area contributed by atoms with Crippen LogP contribution in [0.2, 0.25) is 0 Å². The van der Waals surface area contributed by atoms with Gasteiger partial charge < -0.3 is 19.1 Å². The van der Waals surface area contributed by atoms with Crippen molar-refractivity contribution in [3.05, 3.63) is 59.6 Å². The van der Waals surface area contributed by atoms with Crippen molar-refractivity contribution in [1.29, 1.82) is 0 Å². The van der Waals surface area contributed by atoms with E-state index in [1.807, 2.05) is 13.8 Å². The Balaban J connectivity index is 1.51. The Kier molecular flexibility index (Phi) is 8.39. The van der Waals surface area contributed by atoms with Gasteiger partial charge >= 0.3 is 5.97 Å². The largest absolute Gasteiger partial charge is 0.491 e. The summed E-state index contributed by atoms with van der Waals surface area (Å²) in [6.07, 6.45) is 3.68. The van der Waals surface area contributed by atoms with Crippen LogP contribution in [0, 0.1) is 5.92 Å². The molecule has 1 N–H and O–H groups in total. The minimum absolute atomic E-state index is 0.0913. The second-order valence-electron chi connectivity index (χ2n) is 8.98. The second-order valence-corrected chi connectivity index (χ2v) is 9.87. The molecule has 2 aromatic carbocycles. The highest BCUT2D eigenvalue weighted by Crippen LogP contribution is 2.33. The maximum atomic E-state index is 12.8. The molecule has 0 atom stereocenters. The molecule has 9 nitrogen and oxygen atoms in total. The van der Waals surface area contributed by atoms with E-state index in [2.05, 4.69) is 10.3 Å². The van der Waals surface area contributed by atoms with Crippen LogP contribution < -0.4 is 19.7 Å². The molecule has 1 aliphatic rings. The number of thiazole rings is 1. The number of esters is 1. The number of nitrogens with zero attached hydrogens (tertiary/aromatic N) is 2. The smallest absolute Gasteiger partial charge is 0.303 e. The average molecular weight is 524 g/mol. The van der Waals surface area contributed by atoms with E-state index in [9.17, 15) is 14.4 Å². The second kappa shape index (κ2) is 11.9. The number of nitrogens with one attached hydrogen (secondary N) is 1. The molecule has 1 saturated carbocycles. The topological polar surface area (TPSA) is 107 Å². The van der Waals surface area contributed by atoms with Crippen molar-refractivity contribution < 1.29 is 28.6 Å². The molecular formula is C27H29N3O6S. The Labute approximate surface area is 219 Å². The van der Waals surface area contributed by atoms with Gasteiger partial charge in [0, 0.05) is 42.4 Å². The molecule has 2 amide bonds. The fourth-order valence-corrected chi connectivity index (χ4v) is 4.06. The van der Waals surface area contributed by atoms with E-state index in [4.69, 9.17) is 14.2 Å². The van der Waals surface area contributed by atoms with Gasteiger partial charge in [0.1, 0.15) is 17.2 Å². The third-order valence-electron chi connectivity index (χ3n) is 5.39. The van der Waals surface area contributed by atoms with Gasteiger partial charge in [-0.25, -0.2) is 4.98 Å². The lowest BCUT2D eigenvalue weighted by Gasteiger charge is -2.23. The molecule has 1 aromatic heterocycles. The monoisotopic (exact) mass is 523 g/mol. The molecule has 0 saturated heterocycles. The molecule has 0 unspecified atom stereocenters. The van der Waals surface area contributed by atoms with Gasteiger partial charge in [-0.3, -0.25) is 19.7 Å². The van der Waals surface area contributed by atoms with Crippen LogP contribution >= 0.6 is 11.3 Å². The van der Waals surface area contributed by atoms with Crippen molar-refractivity contribution >= 4 is 39.9 Å². The minimum Gasteiger partial charge on any atom is -0.491 e. The van der Waals surface area contributed by atoms with Crippen LogP contribution in [0.5, 0.6) is 17.2 Å². The van der Waals surface area contributed by atoms with Gasteiger partial charge in [-0.05, 0) is 69.0 Å². The zero-order valence-corrected chi connectivity index (χ0v) is 21.7. The van der Waals surface area contributed by atoms with Crippen molar-refractivity contribution in [3.63, 3.8) is 0 Å². The average Bonchev–Trinajstić information content (AvgIpc) is 3.53. The summed E-state index contributed by atoms with van der Waals surface area (Å²) in [5.74, 6) is 0.810. The number of ether oxygens (including phenoxy) is 3. The van der Waals surface area contributed by atoms with E-state index < -0.39 is 5.97 Å². The van der Waals surface area contributed by atoms with Crippen LogP contribution in [-0.2, 0) is 14.3 Å². The highest BCUT2D eigenvalue weighted by molar-refractivity contribution is 7.13. The number of hydrogen-bond acceptors (Lipinski definition) is 8. The van der Waals surface area contributed by atoms with Crippen molar-refractivity contribution in [3.8, 4) is 17.2 Å². The van der Waals surface area contributed by atoms with Gasteiger partial charge in [-0.2, -0.15) is 0 Å².